The van der Waals surface area contributed by atoms with Crippen LogP contribution >= 0.6 is 11.3 Å². The first-order valence-electron chi connectivity index (χ1n) is 10.5. The van der Waals surface area contributed by atoms with E-state index in [9.17, 15) is 4.79 Å². The van der Waals surface area contributed by atoms with E-state index in [2.05, 4.69) is 70.0 Å². The molecule has 5 nitrogen and oxygen atoms in total. The number of piperazine rings is 1. The number of para-hydroxylation sites is 1. The number of rotatable bonds is 5. The van der Waals surface area contributed by atoms with Crippen molar-refractivity contribution < 1.29 is 14.1 Å². The van der Waals surface area contributed by atoms with Crippen molar-refractivity contribution in [2.75, 3.05) is 37.7 Å². The fourth-order valence-corrected chi connectivity index (χ4v) is 4.82. The lowest BCUT2D eigenvalue weighted by molar-refractivity contribution is -0.655. The van der Waals surface area contributed by atoms with Gasteiger partial charge in [-0.2, -0.15) is 4.57 Å². The Kier molecular flexibility index (Phi) is 6.54. The molecule has 1 aliphatic heterocycles. The van der Waals surface area contributed by atoms with Gasteiger partial charge in [0, 0.05) is 44.0 Å². The van der Waals surface area contributed by atoms with Crippen LogP contribution in [0, 0.1) is 12.3 Å². The number of benzene rings is 2. The number of hydrogen-bond acceptors (Lipinski definition) is 4. The summed E-state index contributed by atoms with van der Waals surface area (Å²) in [6.45, 7) is 5.78. The van der Waals surface area contributed by atoms with E-state index in [0.717, 1.165) is 23.7 Å². The van der Waals surface area contributed by atoms with Crippen LogP contribution in [0.15, 0.2) is 48.5 Å². The van der Waals surface area contributed by atoms with Crippen molar-refractivity contribution in [3.8, 4) is 12.3 Å². The number of amides is 1. The standard InChI is InChI=1S/C25H26N3O2S/c1-3-15-28-22-7-5-6-8-23(22)31-24(28)14-11-20-9-12-21(13-10-20)26-16-18-27(19-17-26)25(29)30-4-2/h1,5-14H,4,15-19H2,2H3/q+1. The number of carbonyl (C=O) groups excluding carboxylic acids is 1. The first-order chi connectivity index (χ1) is 15.2. The Bertz CT molecular complexity index is 1120. The van der Waals surface area contributed by atoms with Crippen molar-refractivity contribution in [1.29, 1.82) is 0 Å². The van der Waals surface area contributed by atoms with Gasteiger partial charge < -0.3 is 14.5 Å². The molecule has 0 saturated carbocycles. The van der Waals surface area contributed by atoms with Crippen LogP contribution in [0.3, 0.4) is 0 Å². The molecule has 6 heteroatoms. The van der Waals surface area contributed by atoms with Gasteiger partial charge in [0.1, 0.15) is 4.70 Å². The number of anilines is 1. The van der Waals surface area contributed by atoms with E-state index in [1.54, 1.807) is 16.2 Å². The Hall–Kier alpha value is -3.30. The Morgan fingerprint density at radius 1 is 1.13 bits per heavy atom. The minimum atomic E-state index is -0.217. The average Bonchev–Trinajstić information content (AvgIpc) is 3.16. The number of terminal acetylenes is 1. The third kappa shape index (κ3) is 4.73. The van der Waals surface area contributed by atoms with E-state index in [-0.39, 0.29) is 6.09 Å². The summed E-state index contributed by atoms with van der Waals surface area (Å²) in [6.07, 6.45) is 9.63. The third-order valence-electron chi connectivity index (χ3n) is 5.37. The first kappa shape index (κ1) is 21.0. The SMILES string of the molecule is C#CC[n+]1c(/C=C/c2ccc(N3CCN(C(=O)OCC)CC3)cc2)sc2ccccc21. The second-order valence-electron chi connectivity index (χ2n) is 7.30. The number of hydrogen-bond donors (Lipinski definition) is 0. The van der Waals surface area contributed by atoms with Crippen LogP contribution in [-0.4, -0.2) is 43.8 Å². The fraction of sp³-hybridized carbons (Fsp3) is 0.280. The van der Waals surface area contributed by atoms with Gasteiger partial charge >= 0.3 is 6.09 Å². The summed E-state index contributed by atoms with van der Waals surface area (Å²) in [5, 5.41) is 1.14. The molecule has 158 valence electrons. The number of nitrogens with zero attached hydrogens (tertiary/aromatic N) is 3. The van der Waals surface area contributed by atoms with E-state index < -0.39 is 0 Å². The summed E-state index contributed by atoms with van der Waals surface area (Å²) in [7, 11) is 0. The molecule has 3 aromatic rings. The monoisotopic (exact) mass is 432 g/mol. The molecule has 0 aliphatic carbocycles. The van der Waals surface area contributed by atoms with Crippen LogP contribution in [0.1, 0.15) is 17.5 Å². The molecular formula is C25H26N3O2S+. The number of fused-ring (bicyclic) bond motifs is 1. The van der Waals surface area contributed by atoms with E-state index in [0.29, 0.717) is 26.2 Å². The Morgan fingerprint density at radius 3 is 2.58 bits per heavy atom. The van der Waals surface area contributed by atoms with Crippen LogP contribution in [-0.2, 0) is 11.3 Å². The number of thiazole rings is 1. The molecule has 2 aromatic carbocycles. The average molecular weight is 433 g/mol. The largest absolute Gasteiger partial charge is 0.450 e. The van der Waals surface area contributed by atoms with Gasteiger partial charge in [-0.1, -0.05) is 35.6 Å². The van der Waals surface area contributed by atoms with Crippen molar-refractivity contribution in [3.05, 3.63) is 59.1 Å². The van der Waals surface area contributed by atoms with Crippen LogP contribution in [0.4, 0.5) is 10.5 Å². The number of aromatic nitrogens is 1. The summed E-state index contributed by atoms with van der Waals surface area (Å²) in [5.74, 6) is 2.76. The molecular weight excluding hydrogens is 406 g/mol. The molecule has 4 rings (SSSR count). The van der Waals surface area contributed by atoms with Gasteiger partial charge in [-0.25, -0.2) is 4.79 Å². The minimum absolute atomic E-state index is 0.217. The molecule has 0 N–H and O–H groups in total. The van der Waals surface area contributed by atoms with Crippen molar-refractivity contribution in [3.63, 3.8) is 0 Å². The maximum absolute atomic E-state index is 11.9. The molecule has 0 spiro atoms. The minimum Gasteiger partial charge on any atom is -0.450 e. The first-order valence-corrected chi connectivity index (χ1v) is 11.3. The highest BCUT2D eigenvalue weighted by Crippen LogP contribution is 2.23. The molecule has 0 unspecified atom stereocenters. The van der Waals surface area contributed by atoms with Crippen molar-refractivity contribution in [1.82, 2.24) is 4.90 Å². The predicted molar refractivity (Wildman–Crippen MR) is 127 cm³/mol. The molecule has 31 heavy (non-hydrogen) atoms. The van der Waals surface area contributed by atoms with Gasteiger partial charge in [-0.15, -0.1) is 6.42 Å². The Labute approximate surface area is 187 Å². The number of ether oxygens (including phenoxy) is 1. The summed E-state index contributed by atoms with van der Waals surface area (Å²) in [5.41, 5.74) is 3.48. The molecule has 2 heterocycles. The lowest BCUT2D eigenvalue weighted by atomic mass is 10.1. The zero-order valence-corrected chi connectivity index (χ0v) is 18.5. The van der Waals surface area contributed by atoms with Crippen LogP contribution in [0.25, 0.3) is 22.4 Å². The normalized spacial score (nSPS) is 14.2. The molecule has 0 atom stereocenters. The van der Waals surface area contributed by atoms with Crippen LogP contribution < -0.4 is 9.47 Å². The van der Waals surface area contributed by atoms with E-state index >= 15 is 0 Å². The molecule has 0 bridgehead atoms. The van der Waals surface area contributed by atoms with Gasteiger partial charge in [0.2, 0.25) is 12.1 Å². The van der Waals surface area contributed by atoms with Crippen molar-refractivity contribution in [2.45, 2.75) is 13.5 Å². The smallest absolute Gasteiger partial charge is 0.409 e. The highest BCUT2D eigenvalue weighted by Gasteiger charge is 2.22. The lowest BCUT2D eigenvalue weighted by Gasteiger charge is -2.35. The highest BCUT2D eigenvalue weighted by atomic mass is 32.1. The van der Waals surface area contributed by atoms with Crippen molar-refractivity contribution >= 4 is 45.5 Å². The summed E-state index contributed by atoms with van der Waals surface area (Å²) in [4.78, 5) is 15.9. The van der Waals surface area contributed by atoms with Gasteiger partial charge in [-0.05, 0) is 42.7 Å². The molecule has 1 aromatic heterocycles. The maximum atomic E-state index is 11.9. The second kappa shape index (κ2) is 9.67. The van der Waals surface area contributed by atoms with E-state index in [4.69, 9.17) is 11.2 Å². The molecule has 1 saturated heterocycles. The third-order valence-corrected chi connectivity index (χ3v) is 6.50. The lowest BCUT2D eigenvalue weighted by Crippen LogP contribution is -2.49. The zero-order valence-electron chi connectivity index (χ0n) is 17.7. The fourth-order valence-electron chi connectivity index (χ4n) is 3.76. The van der Waals surface area contributed by atoms with Gasteiger partial charge in [0.05, 0.1) is 6.61 Å². The topological polar surface area (TPSA) is 36.7 Å². The quantitative estimate of drug-likeness (QED) is 0.446. The van der Waals surface area contributed by atoms with E-state index in [1.165, 1.54) is 15.9 Å². The van der Waals surface area contributed by atoms with Gasteiger partial charge in [-0.3, -0.25) is 0 Å². The molecule has 1 aliphatic rings. The van der Waals surface area contributed by atoms with Crippen LogP contribution in [0.2, 0.25) is 0 Å². The molecule has 1 fully saturated rings. The Morgan fingerprint density at radius 2 is 1.87 bits per heavy atom. The zero-order chi connectivity index (χ0) is 21.6. The molecule has 1 amide bonds. The summed E-state index contributed by atoms with van der Waals surface area (Å²) in [6, 6.07) is 16.9. The van der Waals surface area contributed by atoms with Gasteiger partial charge in [0.15, 0.2) is 0 Å². The summed E-state index contributed by atoms with van der Waals surface area (Å²) < 4.78 is 8.50. The number of carbonyl (C=O) groups is 1. The Balaban J connectivity index is 1.43. The molecule has 0 radical (unpaired) electrons. The van der Waals surface area contributed by atoms with Crippen molar-refractivity contribution in [2.24, 2.45) is 0 Å². The summed E-state index contributed by atoms with van der Waals surface area (Å²) >= 11 is 1.74. The predicted octanol–water partition coefficient (Wildman–Crippen LogP) is 4.27. The second-order valence-corrected chi connectivity index (χ2v) is 8.36. The van der Waals surface area contributed by atoms with Crippen LogP contribution in [0.5, 0.6) is 0 Å². The highest BCUT2D eigenvalue weighted by molar-refractivity contribution is 7.18. The van der Waals surface area contributed by atoms with E-state index in [1.807, 2.05) is 13.0 Å². The maximum Gasteiger partial charge on any atom is 0.409 e. The van der Waals surface area contributed by atoms with Gasteiger partial charge in [0.25, 0.3) is 5.01 Å².